The Kier molecular flexibility index (Phi) is 7.20. The van der Waals surface area contributed by atoms with Crippen molar-refractivity contribution in [2.24, 2.45) is 0 Å². The van der Waals surface area contributed by atoms with E-state index in [9.17, 15) is 14.6 Å². The fourth-order valence-corrected chi connectivity index (χ4v) is 3.65. The van der Waals surface area contributed by atoms with Crippen LogP contribution in [0.3, 0.4) is 0 Å². The Morgan fingerprint density at radius 1 is 1.04 bits per heavy atom. The van der Waals surface area contributed by atoms with Crippen LogP contribution in [0.15, 0.2) is 54.6 Å². The summed E-state index contributed by atoms with van der Waals surface area (Å²) < 4.78 is 30.3. The molecule has 2 aromatic carbocycles. The maximum Gasteiger partial charge on any atom is 0.513 e. The summed E-state index contributed by atoms with van der Waals surface area (Å²) in [7, 11) is -4.00. The van der Waals surface area contributed by atoms with Crippen LogP contribution in [0.1, 0.15) is 20.8 Å². The predicted molar refractivity (Wildman–Crippen MR) is 104 cm³/mol. The van der Waals surface area contributed by atoms with Crippen LogP contribution in [-0.2, 0) is 14.1 Å². The van der Waals surface area contributed by atoms with E-state index in [1.807, 2.05) is 0 Å². The van der Waals surface area contributed by atoms with E-state index in [2.05, 4.69) is 11.8 Å². The summed E-state index contributed by atoms with van der Waals surface area (Å²) in [5.74, 6) is -0.0701. The van der Waals surface area contributed by atoms with Crippen LogP contribution in [0.4, 0.5) is 5.69 Å². The summed E-state index contributed by atoms with van der Waals surface area (Å²) >= 11 is 0. The van der Waals surface area contributed by atoms with E-state index in [0.29, 0.717) is 16.2 Å². The molecular formula is C19H24N2O6P+. The van der Waals surface area contributed by atoms with Crippen LogP contribution in [-0.4, -0.2) is 34.8 Å². The molecule has 8 nitrogen and oxygen atoms in total. The largest absolute Gasteiger partial charge is 0.513 e. The number of ether oxygens (including phenoxy) is 1. The van der Waals surface area contributed by atoms with E-state index in [1.165, 1.54) is 31.2 Å². The Morgan fingerprint density at radius 2 is 1.57 bits per heavy atom. The zero-order valence-corrected chi connectivity index (χ0v) is 16.8. The molecule has 2 rings (SSSR count). The van der Waals surface area contributed by atoms with Crippen molar-refractivity contribution < 1.29 is 33.1 Å². The zero-order chi connectivity index (χ0) is 20.7. The Labute approximate surface area is 163 Å². The van der Waals surface area contributed by atoms with Crippen molar-refractivity contribution in [3.8, 4) is 11.5 Å². The summed E-state index contributed by atoms with van der Waals surface area (Å²) in [5, 5.41) is 11.9. The number of nitrogens with zero attached hydrogens (tertiary/aromatic N) is 1. The number of benzene rings is 2. The van der Waals surface area contributed by atoms with Gasteiger partial charge in [0.05, 0.1) is 6.10 Å². The van der Waals surface area contributed by atoms with Gasteiger partial charge in [-0.05, 0) is 45.0 Å². The first-order valence-corrected chi connectivity index (χ1v) is 10.1. The second kappa shape index (κ2) is 9.39. The second-order valence-corrected chi connectivity index (χ2v) is 7.84. The molecule has 2 aromatic rings. The standard InChI is InChI=1S/C19H24N2O6P/c1-14(2)25-19(22)15(3)20-28(24,26-17-8-6-5-7-9-17)27-18-12-10-16(11-13-18)21(4)23/h5-15,23H,4H2,1-3H3,(H,20,24)/q+1/t15-,28-/m0/s1. The number of para-hydroxylation sites is 1. The summed E-state index contributed by atoms with van der Waals surface area (Å²) in [6.45, 7) is 8.30. The van der Waals surface area contributed by atoms with Gasteiger partial charge in [0.15, 0.2) is 6.72 Å². The van der Waals surface area contributed by atoms with Gasteiger partial charge in [0.25, 0.3) is 5.69 Å². The molecule has 0 bridgehead atoms. The molecule has 28 heavy (non-hydrogen) atoms. The van der Waals surface area contributed by atoms with Crippen molar-refractivity contribution in [3.05, 3.63) is 54.6 Å². The summed E-state index contributed by atoms with van der Waals surface area (Å²) in [5.41, 5.74) is 0.410. The first-order chi connectivity index (χ1) is 13.2. The van der Waals surface area contributed by atoms with E-state index in [4.69, 9.17) is 13.8 Å². The van der Waals surface area contributed by atoms with Crippen LogP contribution in [0.5, 0.6) is 11.5 Å². The van der Waals surface area contributed by atoms with Crippen molar-refractivity contribution in [1.82, 2.24) is 5.09 Å². The van der Waals surface area contributed by atoms with Crippen molar-refractivity contribution in [3.63, 3.8) is 0 Å². The molecule has 2 N–H and O–H groups in total. The summed E-state index contributed by atoms with van der Waals surface area (Å²) in [6.07, 6.45) is -0.316. The van der Waals surface area contributed by atoms with Gasteiger partial charge in [0, 0.05) is 16.9 Å². The monoisotopic (exact) mass is 407 g/mol. The number of hydrogen-bond donors (Lipinski definition) is 2. The molecule has 0 amide bonds. The molecule has 0 unspecified atom stereocenters. The molecule has 0 heterocycles. The van der Waals surface area contributed by atoms with Gasteiger partial charge in [-0.3, -0.25) is 10.0 Å². The van der Waals surface area contributed by atoms with Gasteiger partial charge in [0.2, 0.25) is 0 Å². The Balaban J connectivity index is 2.23. The van der Waals surface area contributed by atoms with E-state index in [-0.39, 0.29) is 11.9 Å². The average molecular weight is 407 g/mol. The molecule has 0 aliphatic carbocycles. The highest BCUT2D eigenvalue weighted by Crippen LogP contribution is 2.45. The molecule has 0 aliphatic heterocycles. The van der Waals surface area contributed by atoms with E-state index in [0.717, 1.165) is 0 Å². The van der Waals surface area contributed by atoms with Gasteiger partial charge in [-0.15, -0.1) is 0 Å². The van der Waals surface area contributed by atoms with Crippen molar-refractivity contribution in [2.45, 2.75) is 32.9 Å². The Hall–Kier alpha value is -2.83. The smallest absolute Gasteiger partial charge is 0.462 e. The highest BCUT2D eigenvalue weighted by molar-refractivity contribution is 7.52. The highest BCUT2D eigenvalue weighted by Gasteiger charge is 2.34. The normalized spacial score (nSPS) is 14.0. The molecule has 0 spiro atoms. The van der Waals surface area contributed by atoms with Gasteiger partial charge in [-0.1, -0.05) is 18.2 Å². The third kappa shape index (κ3) is 6.40. The molecular weight excluding hydrogens is 383 g/mol. The first kappa shape index (κ1) is 21.5. The minimum absolute atomic E-state index is 0.210. The second-order valence-electron chi connectivity index (χ2n) is 6.22. The van der Waals surface area contributed by atoms with E-state index in [1.54, 1.807) is 44.2 Å². The first-order valence-electron chi connectivity index (χ1n) is 8.60. The SMILES string of the molecule is C=[N+](O)c1ccc(O[P@](=O)(N[C@@H](C)C(=O)OC(C)C)Oc2ccccc2)cc1. The lowest BCUT2D eigenvalue weighted by Gasteiger charge is -2.23. The third-order valence-corrected chi connectivity index (χ3v) is 4.99. The fourth-order valence-electron chi connectivity index (χ4n) is 2.13. The lowest BCUT2D eigenvalue weighted by Crippen LogP contribution is -2.36. The Morgan fingerprint density at radius 3 is 2.07 bits per heavy atom. The quantitative estimate of drug-likeness (QED) is 0.162. The van der Waals surface area contributed by atoms with Gasteiger partial charge >= 0.3 is 13.7 Å². The number of hydrogen-bond acceptors (Lipinski definition) is 6. The topological polar surface area (TPSA) is 97.1 Å². The number of nitrogens with one attached hydrogen (secondary N) is 1. The molecule has 0 aliphatic rings. The van der Waals surface area contributed by atoms with Crippen molar-refractivity contribution in [1.29, 1.82) is 0 Å². The van der Waals surface area contributed by atoms with Crippen LogP contribution in [0.25, 0.3) is 0 Å². The summed E-state index contributed by atoms with van der Waals surface area (Å²) in [6, 6.07) is 13.5. The molecule has 0 aromatic heterocycles. The van der Waals surface area contributed by atoms with Crippen molar-refractivity contribution in [2.75, 3.05) is 0 Å². The lowest BCUT2D eigenvalue weighted by molar-refractivity contribution is -0.706. The number of carbonyl (C=O) groups is 1. The average Bonchev–Trinajstić information content (AvgIpc) is 2.62. The zero-order valence-electron chi connectivity index (χ0n) is 15.9. The summed E-state index contributed by atoms with van der Waals surface area (Å²) in [4.78, 5) is 12.1. The van der Waals surface area contributed by atoms with Crippen LogP contribution in [0.2, 0.25) is 0 Å². The van der Waals surface area contributed by atoms with Gasteiger partial charge in [0.1, 0.15) is 17.5 Å². The van der Waals surface area contributed by atoms with Crippen LogP contribution >= 0.6 is 7.75 Å². The molecule has 2 atom stereocenters. The molecule has 0 fully saturated rings. The van der Waals surface area contributed by atoms with Crippen LogP contribution < -0.4 is 14.1 Å². The van der Waals surface area contributed by atoms with Gasteiger partial charge in [-0.2, -0.15) is 5.09 Å². The molecule has 0 radical (unpaired) electrons. The molecule has 0 saturated carbocycles. The maximum absolute atomic E-state index is 13.3. The lowest BCUT2D eigenvalue weighted by atomic mass is 10.3. The number of rotatable bonds is 9. The van der Waals surface area contributed by atoms with E-state index >= 15 is 0 Å². The van der Waals surface area contributed by atoms with E-state index < -0.39 is 19.8 Å². The highest BCUT2D eigenvalue weighted by atomic mass is 31.2. The molecule has 150 valence electrons. The maximum atomic E-state index is 13.3. The fraction of sp³-hybridized carbons (Fsp3) is 0.263. The Bertz CT molecular complexity index is 854. The minimum atomic E-state index is -4.00. The third-order valence-electron chi connectivity index (χ3n) is 3.39. The molecule has 9 heteroatoms. The molecule has 0 saturated heterocycles. The van der Waals surface area contributed by atoms with Gasteiger partial charge < -0.3 is 13.8 Å². The number of esters is 1. The van der Waals surface area contributed by atoms with Gasteiger partial charge in [-0.25, -0.2) is 4.57 Å². The van der Waals surface area contributed by atoms with Crippen LogP contribution in [0, 0.1) is 0 Å². The minimum Gasteiger partial charge on any atom is -0.462 e. The number of carbonyl (C=O) groups excluding carboxylic acids is 1. The predicted octanol–water partition coefficient (Wildman–Crippen LogP) is 3.92. The van der Waals surface area contributed by atoms with Crippen molar-refractivity contribution >= 4 is 26.1 Å².